The fourth-order valence-electron chi connectivity index (χ4n) is 2.29. The fourth-order valence-corrected chi connectivity index (χ4v) is 3.19. The van der Waals surface area contributed by atoms with Gasteiger partial charge in [-0.1, -0.05) is 20.8 Å². The minimum absolute atomic E-state index is 0.746. The fraction of sp³-hybridized carbons (Fsp3) is 1.00. The van der Waals surface area contributed by atoms with E-state index in [0.717, 1.165) is 17.9 Å². The number of hydrogen-bond acceptors (Lipinski definition) is 3. The Bertz CT molecular complexity index is 185. The molecule has 0 aromatic heterocycles. The Labute approximate surface area is 106 Å². The molecule has 16 heavy (non-hydrogen) atoms. The average molecular weight is 244 g/mol. The molecule has 1 aliphatic heterocycles. The largest absolute Gasteiger partial charge is 0.313 e. The van der Waals surface area contributed by atoms with Gasteiger partial charge in [-0.2, -0.15) is 11.8 Å². The van der Waals surface area contributed by atoms with Crippen molar-refractivity contribution in [2.24, 2.45) is 11.8 Å². The highest BCUT2D eigenvalue weighted by molar-refractivity contribution is 7.99. The average Bonchev–Trinajstić information content (AvgIpc) is 2.20. The number of rotatable bonds is 6. The van der Waals surface area contributed by atoms with Crippen LogP contribution in [0.5, 0.6) is 0 Å². The summed E-state index contributed by atoms with van der Waals surface area (Å²) in [5.41, 5.74) is 0. The Balaban J connectivity index is 2.04. The van der Waals surface area contributed by atoms with E-state index in [1.54, 1.807) is 0 Å². The second kappa shape index (κ2) is 7.57. The van der Waals surface area contributed by atoms with Gasteiger partial charge in [-0.05, 0) is 37.6 Å². The molecule has 1 N–H and O–H groups in total. The molecule has 2 atom stereocenters. The lowest BCUT2D eigenvalue weighted by Gasteiger charge is -2.35. The van der Waals surface area contributed by atoms with Gasteiger partial charge in [0.15, 0.2) is 0 Å². The number of hydrogen-bond donors (Lipinski definition) is 1. The van der Waals surface area contributed by atoms with Gasteiger partial charge in [0.05, 0.1) is 0 Å². The van der Waals surface area contributed by atoms with E-state index in [-0.39, 0.29) is 0 Å². The quantitative estimate of drug-likeness (QED) is 0.722. The first-order chi connectivity index (χ1) is 7.59. The first-order valence-electron chi connectivity index (χ1n) is 6.59. The van der Waals surface area contributed by atoms with Crippen LogP contribution >= 0.6 is 11.8 Å². The molecular formula is C13H28N2S. The van der Waals surface area contributed by atoms with E-state index in [4.69, 9.17) is 0 Å². The first kappa shape index (κ1) is 14.3. The molecule has 1 aliphatic rings. The second-order valence-corrected chi connectivity index (χ2v) is 6.71. The first-order valence-corrected chi connectivity index (χ1v) is 7.74. The maximum absolute atomic E-state index is 3.72. The maximum atomic E-state index is 3.72. The van der Waals surface area contributed by atoms with E-state index >= 15 is 0 Å². The van der Waals surface area contributed by atoms with Gasteiger partial charge in [0.25, 0.3) is 0 Å². The van der Waals surface area contributed by atoms with Crippen LogP contribution < -0.4 is 5.32 Å². The van der Waals surface area contributed by atoms with Crippen LogP contribution in [0.3, 0.4) is 0 Å². The van der Waals surface area contributed by atoms with E-state index in [1.807, 2.05) is 0 Å². The van der Waals surface area contributed by atoms with Crippen LogP contribution in [0.4, 0.5) is 0 Å². The minimum atomic E-state index is 0.746. The topological polar surface area (TPSA) is 15.3 Å². The number of likely N-dealkylation sites (tertiary alicyclic amines) is 1. The zero-order chi connectivity index (χ0) is 12.0. The molecule has 0 aromatic carbocycles. The van der Waals surface area contributed by atoms with Crippen molar-refractivity contribution in [3.8, 4) is 0 Å². The van der Waals surface area contributed by atoms with E-state index in [2.05, 4.69) is 49.8 Å². The summed E-state index contributed by atoms with van der Waals surface area (Å²) in [4.78, 5) is 2.44. The maximum Gasteiger partial charge on any atom is 0.0117 e. The van der Waals surface area contributed by atoms with Crippen molar-refractivity contribution in [3.05, 3.63) is 0 Å². The van der Waals surface area contributed by atoms with Crippen LogP contribution in [0.15, 0.2) is 0 Å². The monoisotopic (exact) mass is 244 g/mol. The summed E-state index contributed by atoms with van der Waals surface area (Å²) < 4.78 is 0. The highest BCUT2D eigenvalue weighted by Crippen LogP contribution is 2.15. The second-order valence-electron chi connectivity index (χ2n) is 5.56. The van der Waals surface area contributed by atoms with Crippen molar-refractivity contribution in [3.63, 3.8) is 0 Å². The highest BCUT2D eigenvalue weighted by atomic mass is 32.2. The number of thioether (sulfide) groups is 1. The van der Waals surface area contributed by atoms with E-state index in [1.165, 1.54) is 37.6 Å². The summed E-state index contributed by atoms with van der Waals surface area (Å²) >= 11 is 2.08. The molecule has 0 radical (unpaired) electrons. The van der Waals surface area contributed by atoms with Crippen LogP contribution in [-0.4, -0.2) is 49.1 Å². The highest BCUT2D eigenvalue weighted by Gasteiger charge is 2.23. The summed E-state index contributed by atoms with van der Waals surface area (Å²) in [6, 6.07) is 0.746. The molecular weight excluding hydrogens is 216 g/mol. The molecule has 3 heteroatoms. The molecule has 0 saturated carbocycles. The lowest BCUT2D eigenvalue weighted by molar-refractivity contribution is 0.177. The Hall–Kier alpha value is 0.270. The standard InChI is InChI=1S/C13H28N2S/c1-11(2)10-16-8-6-14-13-5-7-15(4)9-12(13)3/h11-14H,5-10H2,1-4H3. The molecule has 1 saturated heterocycles. The third kappa shape index (κ3) is 5.55. The number of piperidine rings is 1. The molecule has 1 heterocycles. The van der Waals surface area contributed by atoms with Gasteiger partial charge in [-0.3, -0.25) is 0 Å². The molecule has 0 spiro atoms. The van der Waals surface area contributed by atoms with Gasteiger partial charge in [0.2, 0.25) is 0 Å². The molecule has 1 fully saturated rings. The molecule has 0 bridgehead atoms. The lowest BCUT2D eigenvalue weighted by atomic mass is 9.94. The van der Waals surface area contributed by atoms with Gasteiger partial charge in [0, 0.05) is 24.9 Å². The van der Waals surface area contributed by atoms with Crippen LogP contribution in [0, 0.1) is 11.8 Å². The van der Waals surface area contributed by atoms with Crippen molar-refractivity contribution in [2.75, 3.05) is 38.2 Å². The summed E-state index contributed by atoms with van der Waals surface area (Å²) in [5, 5.41) is 3.72. The molecule has 0 aliphatic carbocycles. The Kier molecular flexibility index (Phi) is 6.78. The Morgan fingerprint density at radius 2 is 2.19 bits per heavy atom. The van der Waals surface area contributed by atoms with Crippen molar-refractivity contribution < 1.29 is 0 Å². The van der Waals surface area contributed by atoms with E-state index in [9.17, 15) is 0 Å². The van der Waals surface area contributed by atoms with Crippen molar-refractivity contribution >= 4 is 11.8 Å². The molecule has 0 amide bonds. The predicted molar refractivity (Wildman–Crippen MR) is 75.2 cm³/mol. The number of nitrogens with one attached hydrogen (secondary N) is 1. The van der Waals surface area contributed by atoms with Crippen molar-refractivity contribution in [1.29, 1.82) is 0 Å². The molecule has 2 unspecified atom stereocenters. The predicted octanol–water partition coefficient (Wildman–Crippen LogP) is 2.31. The minimum Gasteiger partial charge on any atom is -0.313 e. The van der Waals surface area contributed by atoms with Gasteiger partial charge in [-0.15, -0.1) is 0 Å². The van der Waals surface area contributed by atoms with Crippen LogP contribution in [0.25, 0.3) is 0 Å². The van der Waals surface area contributed by atoms with Crippen LogP contribution in [-0.2, 0) is 0 Å². The van der Waals surface area contributed by atoms with Gasteiger partial charge < -0.3 is 10.2 Å². The van der Waals surface area contributed by atoms with Crippen LogP contribution in [0.2, 0.25) is 0 Å². The molecule has 0 aromatic rings. The molecule has 1 rings (SSSR count). The summed E-state index contributed by atoms with van der Waals surface area (Å²) in [5.74, 6) is 4.18. The zero-order valence-corrected chi connectivity index (χ0v) is 12.1. The Morgan fingerprint density at radius 3 is 2.81 bits per heavy atom. The SMILES string of the molecule is CC(C)CSCCNC1CCN(C)CC1C. The van der Waals surface area contributed by atoms with Crippen LogP contribution in [0.1, 0.15) is 27.2 Å². The third-order valence-corrected chi connectivity index (χ3v) is 4.61. The van der Waals surface area contributed by atoms with Crippen molar-refractivity contribution in [2.45, 2.75) is 33.2 Å². The van der Waals surface area contributed by atoms with E-state index in [0.29, 0.717) is 0 Å². The van der Waals surface area contributed by atoms with E-state index < -0.39 is 0 Å². The molecule has 2 nitrogen and oxygen atoms in total. The summed E-state index contributed by atoms with van der Waals surface area (Å²) in [7, 11) is 2.23. The Morgan fingerprint density at radius 1 is 1.44 bits per heavy atom. The number of nitrogens with zero attached hydrogens (tertiary/aromatic N) is 1. The third-order valence-electron chi connectivity index (χ3n) is 3.21. The van der Waals surface area contributed by atoms with Crippen molar-refractivity contribution in [1.82, 2.24) is 10.2 Å². The van der Waals surface area contributed by atoms with Gasteiger partial charge in [0.1, 0.15) is 0 Å². The van der Waals surface area contributed by atoms with Gasteiger partial charge >= 0.3 is 0 Å². The van der Waals surface area contributed by atoms with Gasteiger partial charge in [-0.25, -0.2) is 0 Å². The summed E-state index contributed by atoms with van der Waals surface area (Å²) in [6.45, 7) is 10.6. The zero-order valence-electron chi connectivity index (χ0n) is 11.3. The normalized spacial score (nSPS) is 27.6. The lowest BCUT2D eigenvalue weighted by Crippen LogP contribution is -2.47. The smallest absolute Gasteiger partial charge is 0.0117 e. The summed E-state index contributed by atoms with van der Waals surface area (Å²) in [6.07, 6.45) is 1.31. The molecule has 96 valence electrons.